The fourth-order valence-electron chi connectivity index (χ4n) is 3.59. The van der Waals surface area contributed by atoms with Crippen molar-refractivity contribution in [3.8, 4) is 11.5 Å². The van der Waals surface area contributed by atoms with Crippen molar-refractivity contribution in [3.05, 3.63) is 98.2 Å². The third kappa shape index (κ3) is 5.52. The number of hydrogen-bond donors (Lipinski definition) is 2. The Morgan fingerprint density at radius 2 is 1.42 bits per heavy atom. The molecule has 0 atom stereocenters. The predicted octanol–water partition coefficient (Wildman–Crippen LogP) is 1.81. The summed E-state index contributed by atoms with van der Waals surface area (Å²) in [6.45, 7) is 2.16. The first kappa shape index (κ1) is 24.5. The van der Waals surface area contributed by atoms with Crippen LogP contribution in [-0.2, 0) is 19.6 Å². The molecule has 36 heavy (non-hydrogen) atoms. The fourth-order valence-corrected chi connectivity index (χ4v) is 3.59. The van der Waals surface area contributed by atoms with Crippen LogP contribution in [0.1, 0.15) is 22.5 Å². The zero-order valence-corrected chi connectivity index (χ0v) is 20.3. The number of aryl methyl sites for hydroxylation is 1. The summed E-state index contributed by atoms with van der Waals surface area (Å²) in [6.07, 6.45) is 1.60. The normalized spacial score (nSPS) is 10.8. The van der Waals surface area contributed by atoms with Gasteiger partial charge in [-0.3, -0.25) is 9.55 Å². The third-order valence-electron chi connectivity index (χ3n) is 5.56. The molecule has 2 aromatic carbocycles. The van der Waals surface area contributed by atoms with Gasteiger partial charge in [-0.2, -0.15) is 4.98 Å². The van der Waals surface area contributed by atoms with Crippen LogP contribution in [0.4, 0.5) is 11.8 Å². The molecule has 0 saturated heterocycles. The van der Waals surface area contributed by atoms with Crippen LogP contribution in [0, 0.1) is 6.92 Å². The summed E-state index contributed by atoms with van der Waals surface area (Å²) in [5, 5.41) is 3.04. The number of ether oxygens (including phenoxy) is 2. The Morgan fingerprint density at radius 1 is 0.861 bits per heavy atom. The summed E-state index contributed by atoms with van der Waals surface area (Å²) in [7, 11) is 3.16. The van der Waals surface area contributed by atoms with Crippen molar-refractivity contribution in [3.63, 3.8) is 0 Å². The minimum Gasteiger partial charge on any atom is -0.497 e. The highest BCUT2D eigenvalue weighted by Crippen LogP contribution is 2.15. The molecule has 0 saturated carbocycles. The quantitative estimate of drug-likeness (QED) is 0.360. The molecule has 3 N–H and O–H groups in total. The highest BCUT2D eigenvalue weighted by Gasteiger charge is 2.15. The van der Waals surface area contributed by atoms with E-state index in [1.165, 1.54) is 4.57 Å². The number of rotatable bonds is 9. The van der Waals surface area contributed by atoms with Gasteiger partial charge in [-0.05, 0) is 42.3 Å². The molecule has 4 rings (SSSR count). The molecule has 0 unspecified atom stereocenters. The lowest BCUT2D eigenvalue weighted by Crippen LogP contribution is -2.43. The van der Waals surface area contributed by atoms with E-state index in [0.717, 1.165) is 15.7 Å². The summed E-state index contributed by atoms with van der Waals surface area (Å²) in [5.41, 5.74) is 7.55. The van der Waals surface area contributed by atoms with Crippen LogP contribution in [0.3, 0.4) is 0 Å². The van der Waals surface area contributed by atoms with Crippen LogP contribution >= 0.6 is 0 Å². The van der Waals surface area contributed by atoms with Gasteiger partial charge in [-0.1, -0.05) is 24.3 Å². The number of anilines is 2. The Labute approximate surface area is 207 Å². The number of nitrogens with zero attached hydrogens (tertiary/aromatic N) is 5. The van der Waals surface area contributed by atoms with Crippen molar-refractivity contribution in [2.24, 2.45) is 0 Å². The molecule has 2 aromatic heterocycles. The molecule has 0 aliphatic heterocycles. The van der Waals surface area contributed by atoms with E-state index < -0.39 is 11.4 Å². The van der Waals surface area contributed by atoms with E-state index in [-0.39, 0.29) is 31.4 Å². The Balaban J connectivity index is 1.71. The van der Waals surface area contributed by atoms with Gasteiger partial charge in [-0.25, -0.2) is 19.1 Å². The summed E-state index contributed by atoms with van der Waals surface area (Å²) < 4.78 is 12.9. The molecule has 186 valence electrons. The Bertz CT molecular complexity index is 1460. The smallest absolute Gasteiger partial charge is 0.355 e. The summed E-state index contributed by atoms with van der Waals surface area (Å²) in [4.78, 5) is 39.1. The van der Waals surface area contributed by atoms with Gasteiger partial charge in [0.15, 0.2) is 0 Å². The van der Waals surface area contributed by atoms with Crippen molar-refractivity contribution in [1.82, 2.24) is 24.1 Å². The fraction of sp³-hybridized carbons (Fsp3) is 0.240. The first-order valence-electron chi connectivity index (χ1n) is 11.2. The van der Waals surface area contributed by atoms with Crippen LogP contribution in [0.25, 0.3) is 0 Å². The minimum atomic E-state index is -0.674. The molecule has 11 nitrogen and oxygen atoms in total. The molecule has 2 heterocycles. The van der Waals surface area contributed by atoms with Crippen LogP contribution in [0.5, 0.6) is 11.5 Å². The lowest BCUT2D eigenvalue weighted by molar-refractivity contribution is 0.414. The second kappa shape index (κ2) is 10.7. The number of benzene rings is 2. The van der Waals surface area contributed by atoms with E-state index in [0.29, 0.717) is 22.9 Å². The van der Waals surface area contributed by atoms with E-state index in [9.17, 15) is 9.59 Å². The largest absolute Gasteiger partial charge is 0.497 e. The van der Waals surface area contributed by atoms with Gasteiger partial charge in [0.05, 0.1) is 39.5 Å². The van der Waals surface area contributed by atoms with Crippen molar-refractivity contribution >= 4 is 11.8 Å². The highest BCUT2D eigenvalue weighted by atomic mass is 16.5. The lowest BCUT2D eigenvalue weighted by atomic mass is 10.2. The maximum absolute atomic E-state index is 13.5. The van der Waals surface area contributed by atoms with Gasteiger partial charge in [0.25, 0.3) is 0 Å². The molecule has 0 aliphatic carbocycles. The topological polar surface area (TPSA) is 139 Å². The summed E-state index contributed by atoms with van der Waals surface area (Å²) in [6, 6.07) is 14.4. The number of methoxy groups -OCH3 is 2. The Morgan fingerprint density at radius 3 is 1.94 bits per heavy atom. The number of aromatic nitrogens is 5. The minimum absolute atomic E-state index is 0.0634. The van der Waals surface area contributed by atoms with E-state index in [4.69, 9.17) is 15.2 Å². The van der Waals surface area contributed by atoms with E-state index in [1.807, 2.05) is 12.1 Å². The molecule has 0 spiro atoms. The van der Waals surface area contributed by atoms with Crippen molar-refractivity contribution in [2.45, 2.75) is 26.6 Å². The van der Waals surface area contributed by atoms with Gasteiger partial charge >= 0.3 is 11.4 Å². The van der Waals surface area contributed by atoms with Crippen LogP contribution < -0.4 is 31.9 Å². The van der Waals surface area contributed by atoms with E-state index >= 15 is 0 Å². The Hall–Kier alpha value is -4.67. The molecular weight excluding hydrogens is 462 g/mol. The van der Waals surface area contributed by atoms with Gasteiger partial charge in [0, 0.05) is 6.20 Å². The van der Waals surface area contributed by atoms with E-state index in [1.54, 1.807) is 63.7 Å². The lowest BCUT2D eigenvalue weighted by Gasteiger charge is -2.16. The maximum Gasteiger partial charge on any atom is 0.355 e. The van der Waals surface area contributed by atoms with Crippen molar-refractivity contribution < 1.29 is 9.47 Å². The summed E-state index contributed by atoms with van der Waals surface area (Å²) in [5.74, 6) is 1.74. The first-order chi connectivity index (χ1) is 17.4. The molecule has 0 radical (unpaired) electrons. The molecule has 11 heteroatoms. The zero-order valence-electron chi connectivity index (χ0n) is 20.3. The van der Waals surface area contributed by atoms with Crippen molar-refractivity contribution in [1.29, 1.82) is 0 Å². The summed E-state index contributed by atoms with van der Waals surface area (Å²) >= 11 is 0. The number of nitrogens with one attached hydrogen (secondary N) is 1. The predicted molar refractivity (Wildman–Crippen MR) is 135 cm³/mol. The average Bonchev–Trinajstić information content (AvgIpc) is 2.88. The third-order valence-corrected chi connectivity index (χ3v) is 5.56. The average molecular weight is 490 g/mol. The van der Waals surface area contributed by atoms with Gasteiger partial charge < -0.3 is 20.5 Å². The molecule has 4 aromatic rings. The number of hydrogen-bond acceptors (Lipinski definition) is 9. The highest BCUT2D eigenvalue weighted by molar-refractivity contribution is 5.38. The van der Waals surface area contributed by atoms with Crippen LogP contribution in [-0.4, -0.2) is 38.3 Å². The molecule has 0 aliphatic rings. The van der Waals surface area contributed by atoms with Crippen molar-refractivity contribution in [2.75, 3.05) is 25.3 Å². The maximum atomic E-state index is 13.5. The van der Waals surface area contributed by atoms with E-state index in [2.05, 4.69) is 20.3 Å². The van der Waals surface area contributed by atoms with Gasteiger partial charge in [0.2, 0.25) is 5.95 Å². The van der Waals surface area contributed by atoms with Crippen LogP contribution in [0.15, 0.2) is 64.3 Å². The monoisotopic (exact) mass is 489 g/mol. The second-order valence-electron chi connectivity index (χ2n) is 8.07. The molecule has 0 amide bonds. The zero-order chi connectivity index (χ0) is 25.7. The SMILES string of the molecule is COc1ccc(Cn2c(NCc3ncc(C)nc3N)nc(=O)n(Cc3ccc(OC)cc3)c2=O)cc1. The first-order valence-corrected chi connectivity index (χ1v) is 11.2. The molecule has 0 fully saturated rings. The van der Waals surface area contributed by atoms with Gasteiger partial charge in [0.1, 0.15) is 23.0 Å². The second-order valence-corrected chi connectivity index (χ2v) is 8.07. The van der Waals surface area contributed by atoms with Crippen LogP contribution in [0.2, 0.25) is 0 Å². The number of nitrogen functional groups attached to an aromatic ring is 1. The molecular formula is C25H27N7O4. The Kier molecular flexibility index (Phi) is 7.28. The standard InChI is InChI=1S/C25H27N7O4/c1-16-12-27-21(22(26)29-16)13-28-23-30-24(33)32(15-18-6-10-20(36-3)11-7-18)25(34)31(23)14-17-4-8-19(35-2)9-5-17/h4-12H,13-15H2,1-3H3,(H2,26,29)(H,28,30,33). The van der Waals surface area contributed by atoms with Gasteiger partial charge in [-0.15, -0.1) is 0 Å². The molecule has 0 bridgehead atoms. The number of nitrogens with two attached hydrogens (primary N) is 1.